The van der Waals surface area contributed by atoms with Gasteiger partial charge >= 0.3 is 5.69 Å². The van der Waals surface area contributed by atoms with Gasteiger partial charge in [0, 0.05) is 17.6 Å². The highest BCUT2D eigenvalue weighted by Gasteiger charge is 2.15. The Morgan fingerprint density at radius 1 is 1.50 bits per heavy atom. The van der Waals surface area contributed by atoms with Gasteiger partial charge in [-0.05, 0) is 6.07 Å². The third-order valence-electron chi connectivity index (χ3n) is 2.11. The van der Waals surface area contributed by atoms with E-state index in [1.807, 2.05) is 5.38 Å². The highest BCUT2D eigenvalue weighted by Crippen LogP contribution is 2.24. The molecule has 0 spiro atoms. The van der Waals surface area contributed by atoms with Crippen LogP contribution in [0.5, 0.6) is 0 Å². The third kappa shape index (κ3) is 2.70. The van der Waals surface area contributed by atoms with Gasteiger partial charge in [0.25, 0.3) is 0 Å². The Hall–Kier alpha value is -2.26. The second-order valence-corrected chi connectivity index (χ2v) is 4.22. The van der Waals surface area contributed by atoms with Crippen LogP contribution in [-0.4, -0.2) is 14.9 Å². The molecule has 0 saturated carbocycles. The maximum absolute atomic E-state index is 10.8. The molecule has 0 radical (unpaired) electrons. The summed E-state index contributed by atoms with van der Waals surface area (Å²) in [6.07, 6.45) is 1.67. The molecule has 0 aliphatic heterocycles. The van der Waals surface area contributed by atoms with E-state index in [1.54, 1.807) is 6.20 Å². The summed E-state index contributed by atoms with van der Waals surface area (Å²) in [5.74, 6) is 5.72. The number of hydrazine groups is 1. The molecule has 94 valence electrons. The number of rotatable bonds is 5. The van der Waals surface area contributed by atoms with Crippen molar-refractivity contribution in [1.82, 2.24) is 9.97 Å². The molecule has 2 aromatic rings. The fraction of sp³-hybridized carbons (Fsp3) is 0.111. The minimum atomic E-state index is -0.502. The van der Waals surface area contributed by atoms with Crippen LogP contribution in [0.4, 0.5) is 17.3 Å². The van der Waals surface area contributed by atoms with E-state index in [-0.39, 0.29) is 11.5 Å². The first kappa shape index (κ1) is 12.2. The topological polar surface area (TPSA) is 119 Å². The summed E-state index contributed by atoms with van der Waals surface area (Å²) in [6, 6.07) is 2.78. The van der Waals surface area contributed by atoms with Gasteiger partial charge in [0.05, 0.1) is 11.5 Å². The van der Waals surface area contributed by atoms with Crippen LogP contribution >= 0.6 is 11.3 Å². The van der Waals surface area contributed by atoms with Crippen molar-refractivity contribution in [3.63, 3.8) is 0 Å². The monoisotopic (exact) mass is 266 g/mol. The van der Waals surface area contributed by atoms with E-state index in [0.29, 0.717) is 12.4 Å². The molecule has 0 atom stereocenters. The zero-order valence-corrected chi connectivity index (χ0v) is 9.98. The minimum absolute atomic E-state index is 0.106. The van der Waals surface area contributed by atoms with E-state index in [2.05, 4.69) is 20.7 Å². The summed E-state index contributed by atoms with van der Waals surface area (Å²) in [5, 5.41) is 16.4. The van der Waals surface area contributed by atoms with E-state index in [0.717, 1.165) is 5.01 Å². The van der Waals surface area contributed by atoms with Gasteiger partial charge in [-0.25, -0.2) is 15.8 Å². The highest BCUT2D eigenvalue weighted by molar-refractivity contribution is 7.09. The molecule has 0 amide bonds. The first-order chi connectivity index (χ1) is 8.70. The van der Waals surface area contributed by atoms with Crippen LogP contribution < -0.4 is 16.6 Å². The lowest BCUT2D eigenvalue weighted by Gasteiger charge is -2.06. The van der Waals surface area contributed by atoms with Gasteiger partial charge in [-0.3, -0.25) is 10.1 Å². The number of aromatic nitrogens is 2. The number of pyridine rings is 1. The molecule has 9 heteroatoms. The molecule has 0 aliphatic carbocycles. The van der Waals surface area contributed by atoms with Gasteiger partial charge in [-0.1, -0.05) is 0 Å². The Bertz CT molecular complexity index is 544. The van der Waals surface area contributed by atoms with Crippen molar-refractivity contribution < 1.29 is 4.92 Å². The van der Waals surface area contributed by atoms with Crippen molar-refractivity contribution in [2.24, 2.45) is 5.84 Å². The lowest BCUT2D eigenvalue weighted by Crippen LogP contribution is -2.11. The van der Waals surface area contributed by atoms with Crippen LogP contribution in [0.25, 0.3) is 0 Å². The number of nitrogens with two attached hydrogens (primary N) is 1. The van der Waals surface area contributed by atoms with Crippen molar-refractivity contribution in [3.05, 3.63) is 38.8 Å². The van der Waals surface area contributed by atoms with Crippen LogP contribution in [0.3, 0.4) is 0 Å². The van der Waals surface area contributed by atoms with Gasteiger partial charge in [0.2, 0.25) is 5.82 Å². The quantitative estimate of drug-likeness (QED) is 0.424. The van der Waals surface area contributed by atoms with Gasteiger partial charge in [0.15, 0.2) is 0 Å². The van der Waals surface area contributed by atoms with Crippen LogP contribution in [0.2, 0.25) is 0 Å². The summed E-state index contributed by atoms with van der Waals surface area (Å²) in [7, 11) is 0. The Labute approximate surface area is 106 Å². The van der Waals surface area contributed by atoms with Crippen molar-refractivity contribution in [2.45, 2.75) is 6.54 Å². The predicted octanol–water partition coefficient (Wildman–Crippen LogP) is 1.34. The Morgan fingerprint density at radius 3 is 2.94 bits per heavy atom. The molecule has 0 unspecified atom stereocenters. The van der Waals surface area contributed by atoms with Gasteiger partial charge in [0.1, 0.15) is 10.8 Å². The SMILES string of the molecule is NNc1ccc([N+](=O)[O-])c(NCc2nccs2)n1. The molecular formula is C9H10N6O2S. The molecule has 18 heavy (non-hydrogen) atoms. The van der Waals surface area contributed by atoms with Crippen LogP contribution in [0.15, 0.2) is 23.7 Å². The molecule has 0 bridgehead atoms. The molecule has 0 saturated heterocycles. The Morgan fingerprint density at radius 2 is 2.33 bits per heavy atom. The number of nitrogen functional groups attached to an aromatic ring is 1. The average Bonchev–Trinajstić information content (AvgIpc) is 2.88. The van der Waals surface area contributed by atoms with Crippen LogP contribution in [0, 0.1) is 10.1 Å². The third-order valence-corrected chi connectivity index (χ3v) is 2.89. The molecule has 0 aliphatic rings. The summed E-state index contributed by atoms with van der Waals surface area (Å²) >= 11 is 1.45. The minimum Gasteiger partial charge on any atom is -0.358 e. The van der Waals surface area contributed by atoms with Crippen molar-refractivity contribution in [2.75, 3.05) is 10.7 Å². The molecule has 2 heterocycles. The number of nitrogens with one attached hydrogen (secondary N) is 2. The second-order valence-electron chi connectivity index (χ2n) is 3.25. The maximum Gasteiger partial charge on any atom is 0.311 e. The molecule has 2 aromatic heterocycles. The normalized spacial score (nSPS) is 10.1. The molecule has 0 aromatic carbocycles. The maximum atomic E-state index is 10.8. The summed E-state index contributed by atoms with van der Waals surface area (Å²) in [6.45, 7) is 0.375. The lowest BCUT2D eigenvalue weighted by atomic mass is 10.3. The average molecular weight is 266 g/mol. The number of hydrogen-bond acceptors (Lipinski definition) is 8. The molecule has 0 fully saturated rings. The molecule has 4 N–H and O–H groups in total. The van der Waals surface area contributed by atoms with Crippen molar-refractivity contribution in [3.8, 4) is 0 Å². The molecule has 8 nitrogen and oxygen atoms in total. The largest absolute Gasteiger partial charge is 0.358 e. The van der Waals surface area contributed by atoms with E-state index in [9.17, 15) is 10.1 Å². The van der Waals surface area contributed by atoms with E-state index in [1.165, 1.54) is 23.5 Å². The Kier molecular flexibility index (Phi) is 3.65. The van der Waals surface area contributed by atoms with E-state index in [4.69, 9.17) is 5.84 Å². The predicted molar refractivity (Wildman–Crippen MR) is 68.1 cm³/mol. The summed E-state index contributed by atoms with van der Waals surface area (Å²) in [4.78, 5) is 18.4. The number of thiazole rings is 1. The number of hydrogen-bond donors (Lipinski definition) is 3. The van der Waals surface area contributed by atoms with Gasteiger partial charge < -0.3 is 10.7 Å². The molecule has 2 rings (SSSR count). The fourth-order valence-corrected chi connectivity index (χ4v) is 1.87. The number of nitro groups is 1. The number of anilines is 2. The van der Waals surface area contributed by atoms with Gasteiger partial charge in [-0.2, -0.15) is 0 Å². The van der Waals surface area contributed by atoms with Crippen LogP contribution in [0.1, 0.15) is 5.01 Å². The smallest absolute Gasteiger partial charge is 0.311 e. The summed E-state index contributed by atoms with van der Waals surface area (Å²) in [5.41, 5.74) is 2.23. The van der Waals surface area contributed by atoms with Gasteiger partial charge in [-0.15, -0.1) is 11.3 Å². The highest BCUT2D eigenvalue weighted by atomic mass is 32.1. The van der Waals surface area contributed by atoms with E-state index < -0.39 is 4.92 Å². The zero-order chi connectivity index (χ0) is 13.0. The fourth-order valence-electron chi connectivity index (χ4n) is 1.31. The Balaban J connectivity index is 2.20. The van der Waals surface area contributed by atoms with E-state index >= 15 is 0 Å². The zero-order valence-electron chi connectivity index (χ0n) is 9.16. The first-order valence-electron chi connectivity index (χ1n) is 4.95. The second kappa shape index (κ2) is 5.38. The first-order valence-corrected chi connectivity index (χ1v) is 5.83. The van der Waals surface area contributed by atoms with Crippen LogP contribution in [-0.2, 0) is 6.54 Å². The lowest BCUT2D eigenvalue weighted by molar-refractivity contribution is -0.384. The molecular weight excluding hydrogens is 256 g/mol. The van der Waals surface area contributed by atoms with Crippen molar-refractivity contribution in [1.29, 1.82) is 0 Å². The number of nitrogens with zero attached hydrogens (tertiary/aromatic N) is 3. The standard InChI is InChI=1S/C9H10N6O2S/c10-14-7-2-1-6(15(16)17)9(13-7)12-5-8-11-3-4-18-8/h1-4H,5,10H2,(H2,12,13,14). The summed E-state index contributed by atoms with van der Waals surface area (Å²) < 4.78 is 0. The van der Waals surface area contributed by atoms with Crippen molar-refractivity contribution >= 4 is 28.7 Å².